The zero-order chi connectivity index (χ0) is 17.8. The average molecular weight is 332 g/mol. The zero-order valence-corrected chi connectivity index (χ0v) is 13.6. The van der Waals surface area contributed by atoms with E-state index in [2.05, 4.69) is 21.2 Å². The Bertz CT molecular complexity index is 911. The Kier molecular flexibility index (Phi) is 4.57. The highest BCUT2D eigenvalue weighted by molar-refractivity contribution is 6.17. The summed E-state index contributed by atoms with van der Waals surface area (Å²) in [5.41, 5.74) is 2.81. The molecule has 3 rings (SSSR count). The zero-order valence-electron chi connectivity index (χ0n) is 13.6. The van der Waals surface area contributed by atoms with Crippen LogP contribution in [0.25, 0.3) is 0 Å². The molecule has 0 bridgehead atoms. The number of amidine groups is 1. The van der Waals surface area contributed by atoms with Gasteiger partial charge in [0.25, 0.3) is 5.69 Å². The van der Waals surface area contributed by atoms with Gasteiger partial charge in [0.15, 0.2) is 0 Å². The second kappa shape index (κ2) is 6.97. The van der Waals surface area contributed by atoms with Crippen LogP contribution >= 0.6 is 0 Å². The Hall–Kier alpha value is -3.46. The Labute approximate surface area is 145 Å². The minimum absolute atomic E-state index is 0.00554. The Balaban J connectivity index is 2.13. The minimum atomic E-state index is -0.420. The first-order chi connectivity index (χ1) is 12.1. The van der Waals surface area contributed by atoms with E-state index in [4.69, 9.17) is 6.42 Å². The van der Waals surface area contributed by atoms with Crippen LogP contribution in [0.15, 0.2) is 58.5 Å². The van der Waals surface area contributed by atoms with Gasteiger partial charge < -0.3 is 5.32 Å². The van der Waals surface area contributed by atoms with E-state index in [0.29, 0.717) is 29.3 Å². The van der Waals surface area contributed by atoms with Gasteiger partial charge in [-0.2, -0.15) is 0 Å². The van der Waals surface area contributed by atoms with E-state index in [9.17, 15) is 10.1 Å². The van der Waals surface area contributed by atoms with Crippen LogP contribution in [0.3, 0.4) is 0 Å². The van der Waals surface area contributed by atoms with Crippen molar-refractivity contribution in [2.75, 3.05) is 6.54 Å². The van der Waals surface area contributed by atoms with Crippen LogP contribution in [0, 0.1) is 22.5 Å². The second-order valence-electron chi connectivity index (χ2n) is 5.58. The number of nitro groups is 1. The highest BCUT2D eigenvalue weighted by atomic mass is 16.6. The summed E-state index contributed by atoms with van der Waals surface area (Å²) >= 11 is 0. The number of terminal acetylenes is 1. The maximum Gasteiger partial charge on any atom is 0.270 e. The standard InChI is InChI=1S/C19H16N4O2/c1-3-13(2)21-18-12-20-19(14-7-5-4-6-8-14)16-11-15(23(24)25)9-10-17(16)22-18/h1,4-11,13H,12H2,2H3,(H,21,22). The molecule has 0 saturated heterocycles. The van der Waals surface area contributed by atoms with Gasteiger partial charge in [-0.15, -0.1) is 6.42 Å². The van der Waals surface area contributed by atoms with E-state index in [1.54, 1.807) is 6.07 Å². The summed E-state index contributed by atoms with van der Waals surface area (Å²) < 4.78 is 0. The Morgan fingerprint density at radius 3 is 2.72 bits per heavy atom. The third-order valence-electron chi connectivity index (χ3n) is 3.77. The van der Waals surface area contributed by atoms with Gasteiger partial charge in [-0.25, -0.2) is 4.99 Å². The van der Waals surface area contributed by atoms with E-state index < -0.39 is 4.92 Å². The number of benzene rings is 2. The third kappa shape index (κ3) is 3.56. The number of hydrogen-bond donors (Lipinski definition) is 1. The fourth-order valence-corrected chi connectivity index (χ4v) is 2.56. The number of fused-ring (bicyclic) bond motifs is 1. The van der Waals surface area contributed by atoms with Gasteiger partial charge in [0.2, 0.25) is 0 Å². The van der Waals surface area contributed by atoms with E-state index >= 15 is 0 Å². The third-order valence-corrected chi connectivity index (χ3v) is 3.77. The van der Waals surface area contributed by atoms with Gasteiger partial charge in [0.05, 0.1) is 28.9 Å². The highest BCUT2D eigenvalue weighted by Crippen LogP contribution is 2.29. The first kappa shape index (κ1) is 16.4. The number of rotatable bonds is 3. The molecule has 1 N–H and O–H groups in total. The van der Waals surface area contributed by atoms with Gasteiger partial charge in [0, 0.05) is 23.3 Å². The molecular weight excluding hydrogens is 316 g/mol. The molecular formula is C19H16N4O2. The van der Waals surface area contributed by atoms with Crippen molar-refractivity contribution in [3.63, 3.8) is 0 Å². The van der Waals surface area contributed by atoms with Crippen LogP contribution in [0.1, 0.15) is 18.1 Å². The molecule has 0 aliphatic carbocycles. The van der Waals surface area contributed by atoms with Crippen LogP contribution < -0.4 is 5.32 Å². The molecule has 1 heterocycles. The summed E-state index contributed by atoms with van der Waals surface area (Å²) in [5.74, 6) is 3.22. The van der Waals surface area contributed by atoms with Gasteiger partial charge >= 0.3 is 0 Å². The molecule has 1 aliphatic heterocycles. The molecule has 6 heteroatoms. The predicted octanol–water partition coefficient (Wildman–Crippen LogP) is 3.09. The number of aliphatic imine (C=N–C) groups is 2. The van der Waals surface area contributed by atoms with Crippen molar-refractivity contribution in [3.8, 4) is 12.3 Å². The Morgan fingerprint density at radius 2 is 2.04 bits per heavy atom. The van der Waals surface area contributed by atoms with Gasteiger partial charge in [-0.1, -0.05) is 36.3 Å². The molecule has 0 radical (unpaired) electrons. The van der Waals surface area contributed by atoms with Gasteiger partial charge in [0.1, 0.15) is 5.84 Å². The normalized spacial score (nSPS) is 14.2. The number of nitro benzene ring substituents is 1. The van der Waals surface area contributed by atoms with Crippen molar-refractivity contribution in [1.29, 1.82) is 0 Å². The lowest BCUT2D eigenvalue weighted by molar-refractivity contribution is -0.384. The molecule has 124 valence electrons. The summed E-state index contributed by atoms with van der Waals surface area (Å²) in [4.78, 5) is 20.0. The lowest BCUT2D eigenvalue weighted by Crippen LogP contribution is -2.33. The molecule has 0 aromatic heterocycles. The molecule has 1 unspecified atom stereocenters. The quantitative estimate of drug-likeness (QED) is 0.533. The number of nitrogens with one attached hydrogen (secondary N) is 1. The molecule has 0 amide bonds. The SMILES string of the molecule is C#CC(C)NC1=Nc2ccc([N+](=O)[O-])cc2C(c2ccccc2)=NC1. The van der Waals surface area contributed by atoms with Crippen molar-refractivity contribution < 1.29 is 4.92 Å². The van der Waals surface area contributed by atoms with Crippen molar-refractivity contribution in [2.24, 2.45) is 9.98 Å². The molecule has 1 atom stereocenters. The smallest absolute Gasteiger partial charge is 0.270 e. The van der Waals surface area contributed by atoms with Gasteiger partial charge in [-0.3, -0.25) is 15.1 Å². The fourth-order valence-electron chi connectivity index (χ4n) is 2.56. The summed E-state index contributed by atoms with van der Waals surface area (Å²) in [6, 6.07) is 14.0. The second-order valence-corrected chi connectivity index (χ2v) is 5.58. The van der Waals surface area contributed by atoms with Gasteiger partial charge in [-0.05, 0) is 13.0 Å². The van der Waals surface area contributed by atoms with E-state index in [0.717, 1.165) is 5.56 Å². The fraction of sp³-hybridized carbons (Fsp3) is 0.158. The highest BCUT2D eigenvalue weighted by Gasteiger charge is 2.20. The first-order valence-corrected chi connectivity index (χ1v) is 7.77. The maximum atomic E-state index is 11.2. The first-order valence-electron chi connectivity index (χ1n) is 7.77. The topological polar surface area (TPSA) is 79.9 Å². The van der Waals surface area contributed by atoms with Crippen molar-refractivity contribution >= 4 is 22.9 Å². The lowest BCUT2D eigenvalue weighted by Gasteiger charge is -2.09. The summed E-state index contributed by atoms with van der Waals surface area (Å²) in [5, 5.41) is 14.3. The van der Waals surface area contributed by atoms with Crippen LogP contribution in [-0.2, 0) is 0 Å². The van der Waals surface area contributed by atoms with Crippen LogP contribution in [0.5, 0.6) is 0 Å². The molecule has 2 aromatic carbocycles. The largest absolute Gasteiger partial charge is 0.359 e. The number of non-ortho nitro benzene ring substituents is 1. The maximum absolute atomic E-state index is 11.2. The van der Waals surface area contributed by atoms with Crippen LogP contribution in [0.4, 0.5) is 11.4 Å². The van der Waals surface area contributed by atoms with E-state index in [1.165, 1.54) is 12.1 Å². The average Bonchev–Trinajstić information content (AvgIpc) is 2.80. The molecule has 6 nitrogen and oxygen atoms in total. The lowest BCUT2D eigenvalue weighted by atomic mass is 10.00. The number of nitrogens with zero attached hydrogens (tertiary/aromatic N) is 3. The predicted molar refractivity (Wildman–Crippen MR) is 98.6 cm³/mol. The molecule has 0 spiro atoms. The van der Waals surface area contributed by atoms with Crippen LogP contribution in [-0.4, -0.2) is 29.1 Å². The van der Waals surface area contributed by atoms with E-state index in [1.807, 2.05) is 37.3 Å². The Morgan fingerprint density at radius 1 is 1.28 bits per heavy atom. The molecule has 25 heavy (non-hydrogen) atoms. The summed E-state index contributed by atoms with van der Waals surface area (Å²) in [6.07, 6.45) is 5.42. The summed E-state index contributed by atoms with van der Waals surface area (Å²) in [6.45, 7) is 2.17. The van der Waals surface area contributed by atoms with Crippen LogP contribution in [0.2, 0.25) is 0 Å². The molecule has 0 fully saturated rings. The monoisotopic (exact) mass is 332 g/mol. The molecule has 1 aliphatic rings. The minimum Gasteiger partial charge on any atom is -0.359 e. The number of hydrogen-bond acceptors (Lipinski definition) is 5. The van der Waals surface area contributed by atoms with Crippen molar-refractivity contribution in [2.45, 2.75) is 13.0 Å². The molecule has 0 saturated carbocycles. The molecule has 2 aromatic rings. The summed E-state index contributed by atoms with van der Waals surface area (Å²) in [7, 11) is 0. The van der Waals surface area contributed by atoms with E-state index in [-0.39, 0.29) is 11.7 Å². The van der Waals surface area contributed by atoms with Crippen molar-refractivity contribution in [1.82, 2.24) is 5.32 Å². The van der Waals surface area contributed by atoms with Crippen molar-refractivity contribution in [3.05, 3.63) is 69.8 Å².